The van der Waals surface area contributed by atoms with Gasteiger partial charge in [0, 0.05) is 18.2 Å². The van der Waals surface area contributed by atoms with Gasteiger partial charge >= 0.3 is 5.69 Å². The van der Waals surface area contributed by atoms with Crippen LogP contribution in [0.25, 0.3) is 11.0 Å². The van der Waals surface area contributed by atoms with E-state index in [4.69, 9.17) is 9.47 Å². The smallest absolute Gasteiger partial charge is 0.323 e. The highest BCUT2D eigenvalue weighted by Gasteiger charge is 2.24. The Labute approximate surface area is 171 Å². The van der Waals surface area contributed by atoms with Crippen molar-refractivity contribution in [1.82, 2.24) is 14.7 Å². The maximum atomic E-state index is 12.7. The minimum absolute atomic E-state index is 0.0299. The highest BCUT2D eigenvalue weighted by Crippen LogP contribution is 2.31. The van der Waals surface area contributed by atoms with Gasteiger partial charge in [-0.1, -0.05) is 0 Å². The molecule has 4 rings (SSSR count). The lowest BCUT2D eigenvalue weighted by atomic mass is 10.2. The number of benzene rings is 2. The Morgan fingerprint density at radius 3 is 2.57 bits per heavy atom. The van der Waals surface area contributed by atoms with Gasteiger partial charge in [0.2, 0.25) is 15.9 Å². The maximum Gasteiger partial charge on any atom is 0.323 e. The molecule has 2 heterocycles. The fourth-order valence-electron chi connectivity index (χ4n) is 3.03. The molecule has 0 radical (unpaired) electrons. The average molecular weight is 432 g/mol. The van der Waals surface area contributed by atoms with Crippen LogP contribution in [0.3, 0.4) is 0 Å². The summed E-state index contributed by atoms with van der Waals surface area (Å²) in [5.41, 5.74) is 1.19. The van der Waals surface area contributed by atoms with E-state index in [2.05, 4.69) is 20.0 Å². The number of hydrogen-bond donors (Lipinski definition) is 4. The van der Waals surface area contributed by atoms with Crippen LogP contribution in [0.4, 0.5) is 5.69 Å². The zero-order valence-electron chi connectivity index (χ0n) is 16.0. The number of H-pyrrole nitrogens is 2. The second-order valence-electron chi connectivity index (χ2n) is 6.83. The Balaban J connectivity index is 1.47. The van der Waals surface area contributed by atoms with Gasteiger partial charge in [-0.3, -0.25) is 4.79 Å². The summed E-state index contributed by atoms with van der Waals surface area (Å²) in [6, 6.07) is 8.08. The highest BCUT2D eigenvalue weighted by atomic mass is 32.2. The molecular weight excluding hydrogens is 412 g/mol. The molecule has 2 aromatic carbocycles. The van der Waals surface area contributed by atoms with Crippen LogP contribution >= 0.6 is 0 Å². The number of carbonyl (C=O) groups excluding carboxylic acids is 1. The first-order valence-corrected chi connectivity index (χ1v) is 10.7. The number of aromatic nitrogens is 2. The van der Waals surface area contributed by atoms with Crippen LogP contribution in [-0.4, -0.2) is 43.5 Å². The fourth-order valence-corrected chi connectivity index (χ4v) is 4.24. The Kier molecular flexibility index (Phi) is 5.22. The number of sulfonamides is 1. The number of rotatable bonds is 5. The van der Waals surface area contributed by atoms with Gasteiger partial charge in [0.25, 0.3) is 0 Å². The van der Waals surface area contributed by atoms with Crippen LogP contribution in [0.2, 0.25) is 0 Å². The van der Waals surface area contributed by atoms with E-state index >= 15 is 0 Å². The van der Waals surface area contributed by atoms with E-state index in [1.54, 1.807) is 18.2 Å². The number of aromatic amines is 2. The van der Waals surface area contributed by atoms with Crippen molar-refractivity contribution in [3.8, 4) is 11.5 Å². The molecule has 1 aliphatic rings. The number of ether oxygens (including phenoxy) is 2. The number of hydrogen-bond acceptors (Lipinski definition) is 6. The summed E-state index contributed by atoms with van der Waals surface area (Å²) in [7, 11) is -3.97. The SMILES string of the molecule is C[C@@H](NS(=O)(=O)c1ccc2c(c1)OCCCO2)C(=O)Nc1ccc2[nH]c(=O)[nH]c2c1. The van der Waals surface area contributed by atoms with E-state index in [1.165, 1.54) is 25.1 Å². The normalized spacial score (nSPS) is 14.8. The molecule has 0 saturated heterocycles. The van der Waals surface area contributed by atoms with Crippen LogP contribution in [0, 0.1) is 0 Å². The number of anilines is 1. The van der Waals surface area contributed by atoms with Crippen molar-refractivity contribution in [2.75, 3.05) is 18.5 Å². The van der Waals surface area contributed by atoms with E-state index in [-0.39, 0.29) is 10.6 Å². The standard InChI is InChI=1S/C19H20N4O6S/c1-11(18(24)20-12-3-5-14-15(9-12)22-19(25)21-14)23-30(26,27)13-4-6-16-17(10-13)29-8-2-7-28-16/h3-6,9-11,23H,2,7-8H2,1H3,(H,20,24)(H2,21,22,25)/t11-/m1/s1. The molecule has 0 saturated carbocycles. The lowest BCUT2D eigenvalue weighted by Crippen LogP contribution is -2.41. The molecule has 1 atom stereocenters. The van der Waals surface area contributed by atoms with Crippen LogP contribution in [-0.2, 0) is 14.8 Å². The molecule has 3 aromatic rings. The second-order valence-corrected chi connectivity index (χ2v) is 8.54. The molecule has 1 aliphatic heterocycles. The number of amides is 1. The first kappa shape index (κ1) is 20.0. The largest absolute Gasteiger partial charge is 0.490 e. The number of nitrogens with one attached hydrogen (secondary N) is 4. The monoisotopic (exact) mass is 432 g/mol. The third-order valence-electron chi connectivity index (χ3n) is 4.54. The van der Waals surface area contributed by atoms with E-state index in [0.29, 0.717) is 47.9 Å². The van der Waals surface area contributed by atoms with Gasteiger partial charge < -0.3 is 24.8 Å². The first-order chi connectivity index (χ1) is 14.3. The van der Waals surface area contributed by atoms with Crippen LogP contribution in [0.5, 0.6) is 11.5 Å². The van der Waals surface area contributed by atoms with E-state index in [1.807, 2.05) is 0 Å². The van der Waals surface area contributed by atoms with E-state index < -0.39 is 22.0 Å². The predicted molar refractivity (Wildman–Crippen MR) is 109 cm³/mol. The van der Waals surface area contributed by atoms with Gasteiger partial charge in [-0.05, 0) is 37.3 Å². The lowest BCUT2D eigenvalue weighted by Gasteiger charge is -2.15. The molecule has 158 valence electrons. The van der Waals surface area contributed by atoms with Gasteiger partial charge in [-0.15, -0.1) is 0 Å². The summed E-state index contributed by atoms with van der Waals surface area (Å²) in [6.45, 7) is 2.36. The summed E-state index contributed by atoms with van der Waals surface area (Å²) < 4.78 is 38.8. The van der Waals surface area contributed by atoms with E-state index in [9.17, 15) is 18.0 Å². The van der Waals surface area contributed by atoms with Crippen LogP contribution in [0.1, 0.15) is 13.3 Å². The molecule has 0 unspecified atom stereocenters. The van der Waals surface area contributed by atoms with Gasteiger partial charge in [0.15, 0.2) is 11.5 Å². The molecule has 11 heteroatoms. The molecule has 4 N–H and O–H groups in total. The van der Waals surface area contributed by atoms with Crippen molar-refractivity contribution in [3.05, 3.63) is 46.9 Å². The van der Waals surface area contributed by atoms with Crippen molar-refractivity contribution < 1.29 is 22.7 Å². The third kappa shape index (κ3) is 4.16. The molecule has 1 aromatic heterocycles. The second kappa shape index (κ2) is 7.84. The highest BCUT2D eigenvalue weighted by molar-refractivity contribution is 7.89. The van der Waals surface area contributed by atoms with E-state index in [0.717, 1.165) is 0 Å². The van der Waals surface area contributed by atoms with Gasteiger partial charge in [0.05, 0.1) is 35.2 Å². The predicted octanol–water partition coefficient (Wildman–Crippen LogP) is 1.32. The summed E-state index contributed by atoms with van der Waals surface area (Å²) in [4.78, 5) is 29.0. The maximum absolute atomic E-state index is 12.7. The van der Waals surface area contributed by atoms with Crippen molar-refractivity contribution in [2.24, 2.45) is 0 Å². The van der Waals surface area contributed by atoms with Gasteiger partial charge in [0.1, 0.15) is 0 Å². The summed E-state index contributed by atoms with van der Waals surface area (Å²) in [6.07, 6.45) is 0.703. The molecule has 0 spiro atoms. The van der Waals surface area contributed by atoms with Crippen molar-refractivity contribution in [1.29, 1.82) is 0 Å². The number of fused-ring (bicyclic) bond motifs is 2. The topological polar surface area (TPSA) is 142 Å². The van der Waals surface area contributed by atoms with Crippen LogP contribution in [0.15, 0.2) is 46.1 Å². The minimum atomic E-state index is -3.97. The average Bonchev–Trinajstić information content (AvgIpc) is 2.91. The Morgan fingerprint density at radius 1 is 1.03 bits per heavy atom. The van der Waals surface area contributed by atoms with Crippen LogP contribution < -0.4 is 25.2 Å². The van der Waals surface area contributed by atoms with Crippen molar-refractivity contribution in [3.63, 3.8) is 0 Å². The number of carbonyl (C=O) groups is 1. The summed E-state index contributed by atoms with van der Waals surface area (Å²) >= 11 is 0. The fraction of sp³-hybridized carbons (Fsp3) is 0.263. The quantitative estimate of drug-likeness (QED) is 0.479. The van der Waals surface area contributed by atoms with Gasteiger partial charge in [-0.2, -0.15) is 4.72 Å². The molecule has 30 heavy (non-hydrogen) atoms. The van der Waals surface area contributed by atoms with Crippen molar-refractivity contribution in [2.45, 2.75) is 24.3 Å². The minimum Gasteiger partial charge on any atom is -0.490 e. The van der Waals surface area contributed by atoms with Crippen molar-refractivity contribution >= 4 is 32.7 Å². The first-order valence-electron chi connectivity index (χ1n) is 9.27. The Morgan fingerprint density at radius 2 is 1.77 bits per heavy atom. The molecule has 0 aliphatic carbocycles. The Bertz CT molecular complexity index is 1260. The van der Waals surface area contributed by atoms with Gasteiger partial charge in [-0.25, -0.2) is 13.2 Å². The summed E-state index contributed by atoms with van der Waals surface area (Å²) in [5.74, 6) is 0.280. The zero-order chi connectivity index (χ0) is 21.3. The molecule has 1 amide bonds. The molecule has 0 fully saturated rings. The summed E-state index contributed by atoms with van der Waals surface area (Å²) in [5, 5.41) is 2.63. The lowest BCUT2D eigenvalue weighted by molar-refractivity contribution is -0.117. The zero-order valence-corrected chi connectivity index (χ0v) is 16.8. The number of imidazole rings is 1. The third-order valence-corrected chi connectivity index (χ3v) is 6.08. The molecule has 10 nitrogen and oxygen atoms in total. The molecule has 0 bridgehead atoms. The molecular formula is C19H20N4O6S. The Hall–Kier alpha value is -3.31.